The maximum atomic E-state index is 13.3. The summed E-state index contributed by atoms with van der Waals surface area (Å²) in [6.07, 6.45) is 6.44. The fourth-order valence-electron chi connectivity index (χ4n) is 5.04. The third-order valence-electron chi connectivity index (χ3n) is 6.86. The summed E-state index contributed by atoms with van der Waals surface area (Å²) in [6, 6.07) is 5.50. The van der Waals surface area contributed by atoms with E-state index in [1.165, 1.54) is 25.7 Å². The molecule has 1 aliphatic heterocycles. The Balaban J connectivity index is 1.64. The molecule has 5 heteroatoms. The molecule has 0 N–H and O–H groups in total. The van der Waals surface area contributed by atoms with Gasteiger partial charge < -0.3 is 14.1 Å². The van der Waals surface area contributed by atoms with Crippen LogP contribution in [0.4, 0.5) is 0 Å². The van der Waals surface area contributed by atoms with Crippen molar-refractivity contribution in [3.63, 3.8) is 0 Å². The van der Waals surface area contributed by atoms with Gasteiger partial charge in [-0.3, -0.25) is 9.59 Å². The van der Waals surface area contributed by atoms with Crippen molar-refractivity contribution in [3.8, 4) is 5.75 Å². The highest BCUT2D eigenvalue weighted by molar-refractivity contribution is 6.04. The number of methoxy groups -OCH3 is 1. The molecular weight excluding hydrogens is 378 g/mol. The number of ether oxygens (including phenoxy) is 1. The second-order valence-electron chi connectivity index (χ2n) is 9.96. The first-order valence-electron chi connectivity index (χ1n) is 11.2. The van der Waals surface area contributed by atoms with Crippen LogP contribution >= 0.6 is 0 Å². The zero-order valence-corrected chi connectivity index (χ0v) is 18.6. The Morgan fingerprint density at radius 1 is 1.13 bits per heavy atom. The van der Waals surface area contributed by atoms with Crippen LogP contribution in [0.15, 0.2) is 22.6 Å². The van der Waals surface area contributed by atoms with Crippen LogP contribution in [0.25, 0.3) is 11.0 Å². The van der Waals surface area contributed by atoms with Gasteiger partial charge in [0.05, 0.1) is 13.5 Å². The lowest BCUT2D eigenvalue weighted by molar-refractivity contribution is -0.133. The lowest BCUT2D eigenvalue weighted by atomic mass is 9.75. The number of benzene rings is 1. The number of Topliss-reactive ketones (excluding diaryl/α,β-unsaturated/α-hetero) is 1. The molecule has 4 rings (SSSR count). The van der Waals surface area contributed by atoms with Crippen molar-refractivity contribution in [2.24, 2.45) is 17.3 Å². The van der Waals surface area contributed by atoms with E-state index in [2.05, 4.69) is 0 Å². The van der Waals surface area contributed by atoms with Crippen molar-refractivity contribution < 1.29 is 18.7 Å². The molecule has 1 amide bonds. The highest BCUT2D eigenvalue weighted by Gasteiger charge is 2.35. The second-order valence-corrected chi connectivity index (χ2v) is 9.96. The summed E-state index contributed by atoms with van der Waals surface area (Å²) in [5, 5.41) is 0.794. The van der Waals surface area contributed by atoms with Crippen LogP contribution in [-0.4, -0.2) is 36.8 Å². The highest BCUT2D eigenvalue weighted by atomic mass is 16.5. The lowest BCUT2D eigenvalue weighted by Gasteiger charge is -2.41. The molecule has 0 spiro atoms. The second kappa shape index (κ2) is 8.09. The first kappa shape index (κ1) is 21.0. The Bertz CT molecular complexity index is 952. The molecule has 2 atom stereocenters. The number of amides is 1. The van der Waals surface area contributed by atoms with Crippen molar-refractivity contribution in [1.29, 1.82) is 0 Å². The van der Waals surface area contributed by atoms with Crippen LogP contribution in [-0.2, 0) is 11.2 Å². The third kappa shape index (κ3) is 3.99. The largest absolute Gasteiger partial charge is 0.497 e. The van der Waals surface area contributed by atoms with E-state index in [9.17, 15) is 9.59 Å². The van der Waals surface area contributed by atoms with Crippen molar-refractivity contribution >= 4 is 22.7 Å². The summed E-state index contributed by atoms with van der Waals surface area (Å²) >= 11 is 0. The number of hydrogen-bond donors (Lipinski definition) is 0. The van der Waals surface area contributed by atoms with E-state index in [1.54, 1.807) is 7.11 Å². The van der Waals surface area contributed by atoms with Gasteiger partial charge >= 0.3 is 0 Å². The number of carbonyl (C=O) groups is 2. The first-order valence-corrected chi connectivity index (χ1v) is 11.2. The van der Waals surface area contributed by atoms with E-state index in [0.717, 1.165) is 30.8 Å². The third-order valence-corrected chi connectivity index (χ3v) is 6.86. The number of ketones is 1. The molecule has 0 radical (unpaired) electrons. The van der Waals surface area contributed by atoms with Gasteiger partial charge in [0.15, 0.2) is 5.76 Å². The SMILES string of the molecule is COc1ccc2oc(C(=O)C(C)(C)C)c(CC(=O)N3CC[C@H]4CCCC[C@H]4C3)c2c1. The smallest absolute Gasteiger partial charge is 0.227 e. The predicted octanol–water partition coefficient (Wildman–Crippen LogP) is 5.25. The number of piperidine rings is 1. The summed E-state index contributed by atoms with van der Waals surface area (Å²) in [6.45, 7) is 7.31. The maximum absolute atomic E-state index is 13.3. The molecule has 0 unspecified atom stereocenters. The standard InChI is InChI=1S/C25H33NO4/c1-25(2,3)24(28)23-20(19-13-18(29-4)9-10-21(19)30-23)14-22(27)26-12-11-16-7-5-6-8-17(16)15-26/h9-10,13,16-17H,5-8,11-12,14-15H2,1-4H3/t16-,17+/m1/s1. The Labute approximate surface area is 178 Å². The lowest BCUT2D eigenvalue weighted by Crippen LogP contribution is -2.45. The number of carbonyl (C=O) groups excluding carboxylic acids is 2. The van der Waals surface area contributed by atoms with Crippen LogP contribution in [0, 0.1) is 17.3 Å². The first-order chi connectivity index (χ1) is 14.3. The van der Waals surface area contributed by atoms with Crippen molar-refractivity contribution in [1.82, 2.24) is 4.90 Å². The topological polar surface area (TPSA) is 59.8 Å². The van der Waals surface area contributed by atoms with E-state index in [4.69, 9.17) is 9.15 Å². The van der Waals surface area contributed by atoms with E-state index in [1.807, 2.05) is 43.9 Å². The zero-order valence-electron chi connectivity index (χ0n) is 18.6. The monoisotopic (exact) mass is 411 g/mol. The van der Waals surface area contributed by atoms with Gasteiger partial charge in [-0.1, -0.05) is 40.0 Å². The Kier molecular flexibility index (Phi) is 5.65. The number of rotatable bonds is 4. The van der Waals surface area contributed by atoms with Crippen LogP contribution in [0.5, 0.6) is 5.75 Å². The molecule has 1 aromatic heterocycles. The molecule has 1 aliphatic carbocycles. The minimum Gasteiger partial charge on any atom is -0.497 e. The Morgan fingerprint density at radius 2 is 1.87 bits per heavy atom. The predicted molar refractivity (Wildman–Crippen MR) is 117 cm³/mol. The minimum absolute atomic E-state index is 0.0774. The minimum atomic E-state index is -0.587. The average Bonchev–Trinajstić information content (AvgIpc) is 3.09. The zero-order chi connectivity index (χ0) is 21.5. The van der Waals surface area contributed by atoms with Gasteiger partial charge in [-0.15, -0.1) is 0 Å². The fourth-order valence-corrected chi connectivity index (χ4v) is 5.04. The Hall–Kier alpha value is -2.30. The molecule has 162 valence electrons. The van der Waals surface area contributed by atoms with Crippen LogP contribution in [0.1, 0.15) is 69.0 Å². The molecule has 30 heavy (non-hydrogen) atoms. The van der Waals surface area contributed by atoms with Crippen LogP contribution in [0.3, 0.4) is 0 Å². The average molecular weight is 412 g/mol. The van der Waals surface area contributed by atoms with Crippen molar-refractivity contribution in [2.75, 3.05) is 20.2 Å². The molecule has 1 saturated heterocycles. The van der Waals surface area contributed by atoms with E-state index in [0.29, 0.717) is 28.6 Å². The summed E-state index contributed by atoms with van der Waals surface area (Å²) in [7, 11) is 1.61. The molecule has 2 heterocycles. The van der Waals surface area contributed by atoms with Gasteiger partial charge in [-0.2, -0.15) is 0 Å². The van der Waals surface area contributed by atoms with Gasteiger partial charge in [-0.25, -0.2) is 0 Å². The summed E-state index contributed by atoms with van der Waals surface area (Å²) in [4.78, 5) is 28.4. The van der Waals surface area contributed by atoms with Crippen molar-refractivity contribution in [2.45, 2.75) is 59.3 Å². The highest BCUT2D eigenvalue weighted by Crippen LogP contribution is 2.37. The fraction of sp³-hybridized carbons (Fsp3) is 0.600. The van der Waals surface area contributed by atoms with E-state index >= 15 is 0 Å². The van der Waals surface area contributed by atoms with Gasteiger partial charge in [0.2, 0.25) is 11.7 Å². The Morgan fingerprint density at radius 3 is 2.57 bits per heavy atom. The van der Waals surface area contributed by atoms with Gasteiger partial charge in [0.25, 0.3) is 0 Å². The molecular formula is C25H33NO4. The van der Waals surface area contributed by atoms with Crippen LogP contribution < -0.4 is 4.74 Å². The van der Waals surface area contributed by atoms with Crippen molar-refractivity contribution in [3.05, 3.63) is 29.5 Å². The van der Waals surface area contributed by atoms with Gasteiger partial charge in [0, 0.05) is 29.5 Å². The summed E-state index contributed by atoms with van der Waals surface area (Å²) in [5.41, 5.74) is 0.729. The summed E-state index contributed by atoms with van der Waals surface area (Å²) in [5.74, 6) is 2.42. The normalized spacial score (nSPS) is 22.1. The number of likely N-dealkylation sites (tertiary alicyclic amines) is 1. The van der Waals surface area contributed by atoms with Crippen LogP contribution in [0.2, 0.25) is 0 Å². The molecule has 1 aromatic carbocycles. The number of hydrogen-bond acceptors (Lipinski definition) is 4. The molecule has 2 fully saturated rings. The van der Waals surface area contributed by atoms with E-state index < -0.39 is 5.41 Å². The quantitative estimate of drug-likeness (QED) is 0.645. The van der Waals surface area contributed by atoms with Gasteiger partial charge in [-0.05, 0) is 42.9 Å². The number of nitrogens with zero attached hydrogens (tertiary/aromatic N) is 1. The molecule has 0 bridgehead atoms. The molecule has 5 nitrogen and oxygen atoms in total. The molecule has 2 aromatic rings. The van der Waals surface area contributed by atoms with E-state index in [-0.39, 0.29) is 18.1 Å². The van der Waals surface area contributed by atoms with Gasteiger partial charge in [0.1, 0.15) is 11.3 Å². The summed E-state index contributed by atoms with van der Waals surface area (Å²) < 4.78 is 11.4. The maximum Gasteiger partial charge on any atom is 0.227 e. The molecule has 2 aliphatic rings. The number of furan rings is 1. The molecule has 1 saturated carbocycles. The number of fused-ring (bicyclic) bond motifs is 2.